The lowest BCUT2D eigenvalue weighted by Crippen LogP contribution is -2.21. The molecular formula is C17H18N4. The maximum atomic E-state index is 5.95. The van der Waals surface area contributed by atoms with Gasteiger partial charge in [0.15, 0.2) is 5.82 Å². The van der Waals surface area contributed by atoms with Crippen molar-refractivity contribution in [3.05, 3.63) is 54.4 Å². The summed E-state index contributed by atoms with van der Waals surface area (Å²) in [7, 11) is 0. The predicted molar refractivity (Wildman–Crippen MR) is 84.7 cm³/mol. The molecule has 0 amide bonds. The molecule has 4 heteroatoms. The molecule has 21 heavy (non-hydrogen) atoms. The molecule has 0 saturated carbocycles. The normalized spacial score (nSPS) is 12.5. The van der Waals surface area contributed by atoms with Crippen LogP contribution < -0.4 is 5.73 Å². The predicted octanol–water partition coefficient (Wildman–Crippen LogP) is 2.97. The van der Waals surface area contributed by atoms with Crippen LogP contribution in [0.3, 0.4) is 0 Å². The van der Waals surface area contributed by atoms with Gasteiger partial charge in [-0.1, -0.05) is 31.2 Å². The molecule has 3 rings (SSSR count). The maximum Gasteiger partial charge on any atom is 0.178 e. The molecular weight excluding hydrogens is 260 g/mol. The lowest BCUT2D eigenvalue weighted by Gasteiger charge is -2.08. The van der Waals surface area contributed by atoms with Crippen molar-refractivity contribution in [2.75, 3.05) is 0 Å². The fourth-order valence-corrected chi connectivity index (χ4v) is 2.23. The average Bonchev–Trinajstić information content (AvgIpc) is 2.55. The first kappa shape index (κ1) is 13.6. The van der Waals surface area contributed by atoms with Crippen LogP contribution in [0.2, 0.25) is 0 Å². The Morgan fingerprint density at radius 3 is 2.57 bits per heavy atom. The second-order valence-electron chi connectivity index (χ2n) is 5.18. The summed E-state index contributed by atoms with van der Waals surface area (Å²) in [5.41, 5.74) is 8.76. The summed E-state index contributed by atoms with van der Waals surface area (Å²) in [4.78, 5) is 13.4. The van der Waals surface area contributed by atoms with Gasteiger partial charge < -0.3 is 5.73 Å². The number of aromatic nitrogens is 3. The van der Waals surface area contributed by atoms with Gasteiger partial charge in [-0.2, -0.15) is 0 Å². The average molecular weight is 278 g/mol. The molecule has 0 radical (unpaired) electrons. The number of nitrogens with two attached hydrogens (primary N) is 1. The Balaban J connectivity index is 1.88. The van der Waals surface area contributed by atoms with E-state index in [1.807, 2.05) is 48.8 Å². The highest BCUT2D eigenvalue weighted by Gasteiger charge is 2.06. The van der Waals surface area contributed by atoms with Crippen molar-refractivity contribution in [3.8, 4) is 11.5 Å². The summed E-state index contributed by atoms with van der Waals surface area (Å²) in [6.45, 7) is 2.08. The zero-order chi connectivity index (χ0) is 14.7. The van der Waals surface area contributed by atoms with Gasteiger partial charge in [-0.3, -0.25) is 0 Å². The third-order valence-corrected chi connectivity index (χ3v) is 3.56. The molecule has 0 aliphatic rings. The minimum atomic E-state index is 0.165. The molecule has 0 bridgehead atoms. The Morgan fingerprint density at radius 2 is 1.81 bits per heavy atom. The minimum absolute atomic E-state index is 0.165. The third kappa shape index (κ3) is 3.06. The van der Waals surface area contributed by atoms with Gasteiger partial charge >= 0.3 is 0 Å². The molecule has 0 aliphatic carbocycles. The molecule has 2 N–H and O–H groups in total. The Hall–Kier alpha value is -2.33. The molecule has 1 unspecified atom stereocenters. The van der Waals surface area contributed by atoms with Gasteiger partial charge in [0.05, 0.1) is 5.52 Å². The first-order chi connectivity index (χ1) is 10.3. The molecule has 0 spiro atoms. The summed E-state index contributed by atoms with van der Waals surface area (Å²) >= 11 is 0. The van der Waals surface area contributed by atoms with Crippen molar-refractivity contribution in [2.45, 2.75) is 25.8 Å². The van der Waals surface area contributed by atoms with E-state index >= 15 is 0 Å². The Labute approximate surface area is 124 Å². The van der Waals surface area contributed by atoms with E-state index in [1.54, 1.807) is 0 Å². The molecule has 1 aromatic carbocycles. The van der Waals surface area contributed by atoms with Crippen LogP contribution in [0.5, 0.6) is 0 Å². The number of hydrogen-bond donors (Lipinski definition) is 1. The van der Waals surface area contributed by atoms with Crippen molar-refractivity contribution >= 4 is 10.9 Å². The number of pyridine rings is 1. The van der Waals surface area contributed by atoms with Crippen LogP contribution >= 0.6 is 0 Å². The number of rotatable bonds is 4. The van der Waals surface area contributed by atoms with Crippen LogP contribution in [-0.2, 0) is 6.42 Å². The summed E-state index contributed by atoms with van der Waals surface area (Å²) in [5, 5.41) is 1.12. The second-order valence-corrected chi connectivity index (χ2v) is 5.18. The van der Waals surface area contributed by atoms with E-state index in [-0.39, 0.29) is 6.04 Å². The van der Waals surface area contributed by atoms with Crippen LogP contribution in [0.25, 0.3) is 22.4 Å². The molecule has 2 heterocycles. The number of hydrogen-bond acceptors (Lipinski definition) is 4. The van der Waals surface area contributed by atoms with Crippen LogP contribution in [0, 0.1) is 0 Å². The van der Waals surface area contributed by atoms with Crippen molar-refractivity contribution < 1.29 is 0 Å². The van der Waals surface area contributed by atoms with Crippen LogP contribution in [0.1, 0.15) is 18.9 Å². The lowest BCUT2D eigenvalue weighted by molar-refractivity contribution is 0.643. The van der Waals surface area contributed by atoms with Crippen molar-refractivity contribution in [2.24, 2.45) is 5.73 Å². The van der Waals surface area contributed by atoms with Crippen molar-refractivity contribution in [1.82, 2.24) is 15.0 Å². The first-order valence-electron chi connectivity index (χ1n) is 7.19. The second kappa shape index (κ2) is 5.97. The van der Waals surface area contributed by atoms with Crippen LogP contribution in [0.4, 0.5) is 0 Å². The molecule has 3 aromatic rings. The van der Waals surface area contributed by atoms with E-state index in [2.05, 4.69) is 21.9 Å². The molecule has 2 aromatic heterocycles. The monoisotopic (exact) mass is 278 g/mol. The standard InChI is InChI=1S/C17H18N4/c1-2-14(18)9-12-10-19-17(20-11-12)16-8-7-13-5-3-4-6-15(13)21-16/h3-8,10-11,14H,2,9,18H2,1H3. The highest BCUT2D eigenvalue weighted by Crippen LogP contribution is 2.17. The van der Waals surface area contributed by atoms with E-state index in [4.69, 9.17) is 5.73 Å². The molecule has 0 aliphatic heterocycles. The zero-order valence-corrected chi connectivity index (χ0v) is 12.0. The van der Waals surface area contributed by atoms with E-state index in [1.165, 1.54) is 0 Å². The molecule has 0 saturated heterocycles. The SMILES string of the molecule is CCC(N)Cc1cnc(-c2ccc3ccccc3n2)nc1. The van der Waals surface area contributed by atoms with Gasteiger partial charge in [0.1, 0.15) is 5.69 Å². The third-order valence-electron chi connectivity index (χ3n) is 3.56. The zero-order valence-electron chi connectivity index (χ0n) is 12.0. The number of para-hydroxylation sites is 1. The van der Waals surface area contributed by atoms with Crippen LogP contribution in [0.15, 0.2) is 48.8 Å². The smallest absolute Gasteiger partial charge is 0.178 e. The van der Waals surface area contributed by atoms with Gasteiger partial charge in [0.25, 0.3) is 0 Å². The highest BCUT2D eigenvalue weighted by molar-refractivity contribution is 5.80. The van der Waals surface area contributed by atoms with Crippen molar-refractivity contribution in [1.29, 1.82) is 0 Å². The van der Waals surface area contributed by atoms with Crippen LogP contribution in [-0.4, -0.2) is 21.0 Å². The Morgan fingerprint density at radius 1 is 1.05 bits per heavy atom. The van der Waals surface area contributed by atoms with Crippen molar-refractivity contribution in [3.63, 3.8) is 0 Å². The minimum Gasteiger partial charge on any atom is -0.327 e. The number of nitrogens with zero attached hydrogens (tertiary/aromatic N) is 3. The summed E-state index contributed by atoms with van der Waals surface area (Å²) in [6.07, 6.45) is 5.44. The summed E-state index contributed by atoms with van der Waals surface area (Å²) in [5.74, 6) is 0.648. The number of benzene rings is 1. The lowest BCUT2D eigenvalue weighted by atomic mass is 10.1. The van der Waals surface area contributed by atoms with E-state index in [0.29, 0.717) is 5.82 Å². The fourth-order valence-electron chi connectivity index (χ4n) is 2.23. The number of fused-ring (bicyclic) bond motifs is 1. The van der Waals surface area contributed by atoms with Gasteiger partial charge in [0.2, 0.25) is 0 Å². The van der Waals surface area contributed by atoms with Gasteiger partial charge in [0, 0.05) is 23.8 Å². The molecule has 4 nitrogen and oxygen atoms in total. The largest absolute Gasteiger partial charge is 0.327 e. The Kier molecular flexibility index (Phi) is 3.88. The van der Waals surface area contributed by atoms with Gasteiger partial charge in [-0.15, -0.1) is 0 Å². The molecule has 0 fully saturated rings. The Bertz CT molecular complexity index is 737. The molecule has 1 atom stereocenters. The van der Waals surface area contributed by atoms with Gasteiger partial charge in [-0.25, -0.2) is 15.0 Å². The first-order valence-corrected chi connectivity index (χ1v) is 7.19. The van der Waals surface area contributed by atoms with E-state index in [9.17, 15) is 0 Å². The van der Waals surface area contributed by atoms with E-state index in [0.717, 1.165) is 35.0 Å². The maximum absolute atomic E-state index is 5.95. The summed E-state index contributed by atoms with van der Waals surface area (Å²) in [6, 6.07) is 12.2. The quantitative estimate of drug-likeness (QED) is 0.797. The highest BCUT2D eigenvalue weighted by atomic mass is 14.9. The van der Waals surface area contributed by atoms with E-state index < -0.39 is 0 Å². The summed E-state index contributed by atoms with van der Waals surface area (Å²) < 4.78 is 0. The van der Waals surface area contributed by atoms with Gasteiger partial charge in [-0.05, 0) is 30.5 Å². The fraction of sp³-hybridized carbons (Fsp3) is 0.235. The topological polar surface area (TPSA) is 64.7 Å². The molecule has 106 valence electrons.